The van der Waals surface area contributed by atoms with Gasteiger partial charge in [-0.1, -0.05) is 22.9 Å². The molecule has 0 spiro atoms. The molecule has 0 saturated heterocycles. The zero-order valence-corrected chi connectivity index (χ0v) is 11.3. The fourth-order valence-electron chi connectivity index (χ4n) is 1.31. The highest BCUT2D eigenvalue weighted by Gasteiger charge is 2.20. The van der Waals surface area contributed by atoms with Crippen LogP contribution in [0.5, 0.6) is 0 Å². The van der Waals surface area contributed by atoms with E-state index in [0.717, 1.165) is 16.9 Å². The summed E-state index contributed by atoms with van der Waals surface area (Å²) >= 11 is 6.64. The Bertz CT molecular complexity index is 604. The highest BCUT2D eigenvalue weighted by Crippen LogP contribution is 2.26. The molecule has 92 valence electrons. The predicted molar refractivity (Wildman–Crippen MR) is 66.7 cm³/mol. The number of aromatic nitrogens is 2. The molecule has 5 nitrogen and oxygen atoms in total. The molecule has 0 fully saturated rings. The summed E-state index contributed by atoms with van der Waals surface area (Å²) in [7, 11) is -3.54. The number of thiazole rings is 1. The number of H-pyrrole nitrogens is 1. The lowest BCUT2D eigenvalue weighted by Gasteiger charge is -2.03. The molecule has 2 aromatic heterocycles. The van der Waals surface area contributed by atoms with Crippen LogP contribution in [0.15, 0.2) is 22.7 Å². The molecule has 0 aromatic carbocycles. The predicted octanol–water partition coefficient (Wildman–Crippen LogP) is 1.91. The lowest BCUT2D eigenvalue weighted by molar-refractivity contribution is 0.582. The number of sulfonamides is 1. The number of halogens is 1. The second-order valence-corrected chi connectivity index (χ2v) is 6.93. The smallest absolute Gasteiger partial charge is 0.252 e. The molecule has 2 heterocycles. The van der Waals surface area contributed by atoms with E-state index in [9.17, 15) is 8.42 Å². The van der Waals surface area contributed by atoms with Crippen molar-refractivity contribution in [3.05, 3.63) is 34.2 Å². The second-order valence-electron chi connectivity index (χ2n) is 3.38. The maximum absolute atomic E-state index is 12.0. The van der Waals surface area contributed by atoms with Crippen LogP contribution >= 0.6 is 22.9 Å². The maximum atomic E-state index is 12.0. The van der Waals surface area contributed by atoms with Gasteiger partial charge in [0.05, 0.1) is 5.69 Å². The Labute approximate surface area is 108 Å². The van der Waals surface area contributed by atoms with Crippen LogP contribution in [0, 0.1) is 6.92 Å². The van der Waals surface area contributed by atoms with Gasteiger partial charge in [0.25, 0.3) is 10.0 Å². The molecule has 0 aliphatic heterocycles. The third-order valence-corrected chi connectivity index (χ3v) is 5.37. The lowest BCUT2D eigenvalue weighted by atomic mass is 10.4. The monoisotopic (exact) mass is 291 g/mol. The number of hydrogen-bond donors (Lipinski definition) is 2. The second kappa shape index (κ2) is 4.77. The molecule has 0 saturated carbocycles. The average molecular weight is 292 g/mol. The molecule has 8 heteroatoms. The first-order chi connectivity index (χ1) is 7.99. The molecule has 0 radical (unpaired) electrons. The topological polar surface area (TPSA) is 74.8 Å². The summed E-state index contributed by atoms with van der Waals surface area (Å²) in [6.07, 6.45) is 3.47. The molecule has 0 bridgehead atoms. The zero-order chi connectivity index (χ0) is 12.5. The van der Waals surface area contributed by atoms with Crippen LogP contribution in [-0.2, 0) is 16.6 Å². The average Bonchev–Trinajstić information content (AvgIpc) is 2.85. The Morgan fingerprint density at radius 1 is 1.59 bits per heavy atom. The van der Waals surface area contributed by atoms with Gasteiger partial charge in [0.2, 0.25) is 0 Å². The number of aromatic amines is 1. The van der Waals surface area contributed by atoms with Gasteiger partial charge in [-0.15, -0.1) is 0 Å². The third kappa shape index (κ3) is 2.86. The number of nitrogens with zero attached hydrogens (tertiary/aromatic N) is 1. The van der Waals surface area contributed by atoms with Crippen molar-refractivity contribution in [1.29, 1.82) is 0 Å². The molecule has 0 aliphatic carbocycles. The van der Waals surface area contributed by atoms with Crippen LogP contribution < -0.4 is 4.72 Å². The Hall–Kier alpha value is -0.890. The van der Waals surface area contributed by atoms with Crippen molar-refractivity contribution in [2.24, 2.45) is 0 Å². The summed E-state index contributed by atoms with van der Waals surface area (Å²) in [4.78, 5) is 6.74. The van der Waals surface area contributed by atoms with Gasteiger partial charge in [0.15, 0.2) is 8.68 Å². The van der Waals surface area contributed by atoms with E-state index in [2.05, 4.69) is 14.7 Å². The summed E-state index contributed by atoms with van der Waals surface area (Å²) in [5, 5.41) is 0. The van der Waals surface area contributed by atoms with Gasteiger partial charge in [-0.2, -0.15) is 0 Å². The number of aryl methyl sites for hydroxylation is 1. The molecule has 17 heavy (non-hydrogen) atoms. The summed E-state index contributed by atoms with van der Waals surface area (Å²) in [6.45, 7) is 1.86. The van der Waals surface area contributed by atoms with Gasteiger partial charge < -0.3 is 4.98 Å². The van der Waals surface area contributed by atoms with Crippen LogP contribution in [-0.4, -0.2) is 18.4 Å². The van der Waals surface area contributed by atoms with Gasteiger partial charge in [-0.3, -0.25) is 0 Å². The standard InChI is InChI=1S/C9H10ClN3O2S2/c1-6-8(16-9(10)13-6)17(14,15)12-5-7-2-3-11-4-7/h2-4,11-12H,5H2,1H3. The summed E-state index contributed by atoms with van der Waals surface area (Å²) in [5.74, 6) is 0. The highest BCUT2D eigenvalue weighted by atomic mass is 35.5. The Balaban J connectivity index is 2.17. The first-order valence-corrected chi connectivity index (χ1v) is 7.41. The fourth-order valence-corrected chi connectivity index (χ4v) is 4.11. The normalized spacial score (nSPS) is 11.9. The van der Waals surface area contributed by atoms with Gasteiger partial charge in [-0.05, 0) is 18.6 Å². The minimum absolute atomic E-state index is 0.165. The molecule has 2 rings (SSSR count). The van der Waals surface area contributed by atoms with Crippen molar-refractivity contribution in [1.82, 2.24) is 14.7 Å². The highest BCUT2D eigenvalue weighted by molar-refractivity contribution is 7.91. The molecular formula is C9H10ClN3O2S2. The van der Waals surface area contributed by atoms with Gasteiger partial charge in [-0.25, -0.2) is 18.1 Å². The van der Waals surface area contributed by atoms with Crippen molar-refractivity contribution >= 4 is 33.0 Å². The van der Waals surface area contributed by atoms with E-state index in [1.54, 1.807) is 25.4 Å². The first kappa shape index (κ1) is 12.6. The van der Waals surface area contributed by atoms with Crippen LogP contribution in [0.4, 0.5) is 0 Å². The number of rotatable bonds is 4. The Morgan fingerprint density at radius 2 is 2.35 bits per heavy atom. The summed E-state index contributed by atoms with van der Waals surface area (Å²) < 4.78 is 26.8. The van der Waals surface area contributed by atoms with Gasteiger partial charge in [0, 0.05) is 18.9 Å². The molecule has 0 amide bonds. The van der Waals surface area contributed by atoms with Crippen molar-refractivity contribution in [3.8, 4) is 0 Å². The molecule has 2 N–H and O–H groups in total. The maximum Gasteiger partial charge on any atom is 0.252 e. The number of nitrogens with one attached hydrogen (secondary N) is 2. The van der Waals surface area contributed by atoms with E-state index in [4.69, 9.17) is 11.6 Å². The quantitative estimate of drug-likeness (QED) is 0.903. The van der Waals surface area contributed by atoms with Crippen molar-refractivity contribution in [2.45, 2.75) is 17.7 Å². The van der Waals surface area contributed by atoms with Crippen molar-refractivity contribution < 1.29 is 8.42 Å². The third-order valence-electron chi connectivity index (χ3n) is 2.10. The lowest BCUT2D eigenvalue weighted by Crippen LogP contribution is -2.22. The summed E-state index contributed by atoms with van der Waals surface area (Å²) in [5.41, 5.74) is 1.28. The van der Waals surface area contributed by atoms with Crippen LogP contribution in [0.1, 0.15) is 11.3 Å². The largest absolute Gasteiger partial charge is 0.367 e. The van der Waals surface area contributed by atoms with E-state index < -0.39 is 10.0 Å². The number of hydrogen-bond acceptors (Lipinski definition) is 4. The van der Waals surface area contributed by atoms with Crippen molar-refractivity contribution in [2.75, 3.05) is 0 Å². The zero-order valence-electron chi connectivity index (χ0n) is 8.90. The van der Waals surface area contributed by atoms with Crippen LogP contribution in [0.2, 0.25) is 4.47 Å². The summed E-state index contributed by atoms with van der Waals surface area (Å²) in [6, 6.07) is 1.80. The SMILES string of the molecule is Cc1nc(Cl)sc1S(=O)(=O)NCc1cc[nH]c1. The van der Waals surface area contributed by atoms with Gasteiger partial charge in [0.1, 0.15) is 0 Å². The Morgan fingerprint density at radius 3 is 2.88 bits per heavy atom. The molecule has 0 unspecified atom stereocenters. The van der Waals surface area contributed by atoms with E-state index in [0.29, 0.717) is 5.69 Å². The Kier molecular flexibility index (Phi) is 3.53. The molecule has 0 aliphatic rings. The molecule has 0 atom stereocenters. The fraction of sp³-hybridized carbons (Fsp3) is 0.222. The van der Waals surface area contributed by atoms with Crippen LogP contribution in [0.25, 0.3) is 0 Å². The molecule has 2 aromatic rings. The minimum Gasteiger partial charge on any atom is -0.367 e. The minimum atomic E-state index is -3.54. The van der Waals surface area contributed by atoms with Gasteiger partial charge >= 0.3 is 0 Å². The van der Waals surface area contributed by atoms with E-state index in [1.807, 2.05) is 0 Å². The van der Waals surface area contributed by atoms with E-state index >= 15 is 0 Å². The van der Waals surface area contributed by atoms with E-state index in [-0.39, 0.29) is 15.2 Å². The van der Waals surface area contributed by atoms with Crippen LogP contribution in [0.3, 0.4) is 0 Å². The first-order valence-electron chi connectivity index (χ1n) is 4.73. The van der Waals surface area contributed by atoms with E-state index in [1.165, 1.54) is 0 Å². The molecular weight excluding hydrogens is 282 g/mol. The van der Waals surface area contributed by atoms with Crippen molar-refractivity contribution in [3.63, 3.8) is 0 Å².